The molecule has 2 atom stereocenters. The van der Waals surface area contributed by atoms with Crippen molar-refractivity contribution < 1.29 is 4.79 Å². The third-order valence-electron chi connectivity index (χ3n) is 4.12. The lowest BCUT2D eigenvalue weighted by Gasteiger charge is -2.29. The van der Waals surface area contributed by atoms with Crippen LogP contribution in [0.3, 0.4) is 0 Å². The van der Waals surface area contributed by atoms with E-state index in [4.69, 9.17) is 5.73 Å². The topological polar surface area (TPSA) is 60.4 Å². The summed E-state index contributed by atoms with van der Waals surface area (Å²) in [7, 11) is 0. The maximum atomic E-state index is 12.4. The number of thiazole rings is 1. The van der Waals surface area contributed by atoms with Gasteiger partial charge in [-0.2, -0.15) is 0 Å². The highest BCUT2D eigenvalue weighted by molar-refractivity contribution is 7.15. The highest BCUT2D eigenvalue weighted by Gasteiger charge is 2.29. The van der Waals surface area contributed by atoms with E-state index in [-0.39, 0.29) is 5.92 Å². The predicted octanol–water partition coefficient (Wildman–Crippen LogP) is 2.27. The van der Waals surface area contributed by atoms with Crippen molar-refractivity contribution in [2.24, 2.45) is 17.6 Å². The summed E-state index contributed by atoms with van der Waals surface area (Å²) in [5.41, 5.74) is 6.69. The first-order chi connectivity index (χ1) is 9.28. The second kappa shape index (κ2) is 5.43. The molecule has 0 radical (unpaired) electrons. The lowest BCUT2D eigenvalue weighted by Crippen LogP contribution is -2.33. The van der Waals surface area contributed by atoms with E-state index in [9.17, 15) is 4.79 Å². The smallest absolute Gasteiger partial charge is 0.193 e. The lowest BCUT2D eigenvalue weighted by molar-refractivity contribution is -0.124. The van der Waals surface area contributed by atoms with E-state index in [1.807, 2.05) is 22.2 Å². The van der Waals surface area contributed by atoms with Crippen LogP contribution in [0.15, 0.2) is 17.8 Å². The quantitative estimate of drug-likeness (QED) is 0.932. The van der Waals surface area contributed by atoms with Crippen molar-refractivity contribution in [3.63, 3.8) is 0 Å². The van der Waals surface area contributed by atoms with Gasteiger partial charge in [0, 0.05) is 23.7 Å². The van der Waals surface area contributed by atoms with Gasteiger partial charge in [-0.15, -0.1) is 11.3 Å². The van der Waals surface area contributed by atoms with Crippen molar-refractivity contribution in [1.82, 2.24) is 9.38 Å². The minimum absolute atomic E-state index is 0.151. The molecule has 2 aromatic heterocycles. The molecule has 4 nitrogen and oxygen atoms in total. The number of nitrogens with two attached hydrogens (primary N) is 1. The van der Waals surface area contributed by atoms with E-state index in [0.29, 0.717) is 24.7 Å². The zero-order valence-electron chi connectivity index (χ0n) is 10.9. The molecule has 1 aliphatic rings. The second-order valence-corrected chi connectivity index (χ2v) is 6.23. The van der Waals surface area contributed by atoms with Crippen molar-refractivity contribution in [2.75, 3.05) is 6.54 Å². The Kier molecular flexibility index (Phi) is 3.66. The van der Waals surface area contributed by atoms with E-state index < -0.39 is 0 Å². The molecular weight excluding hydrogens is 258 g/mol. The molecule has 2 heterocycles. The van der Waals surface area contributed by atoms with Crippen LogP contribution in [0.1, 0.15) is 31.4 Å². The molecule has 19 heavy (non-hydrogen) atoms. The van der Waals surface area contributed by atoms with Crippen LogP contribution in [0, 0.1) is 11.8 Å². The van der Waals surface area contributed by atoms with E-state index in [1.54, 1.807) is 11.3 Å². The van der Waals surface area contributed by atoms with Crippen LogP contribution < -0.4 is 5.73 Å². The van der Waals surface area contributed by atoms with Crippen LogP contribution in [-0.2, 0) is 11.2 Å². The monoisotopic (exact) mass is 277 g/mol. The number of carbonyl (C=O) groups excluding carboxylic acids is 1. The van der Waals surface area contributed by atoms with Crippen molar-refractivity contribution in [3.05, 3.63) is 23.5 Å². The lowest BCUT2D eigenvalue weighted by atomic mass is 9.76. The summed E-state index contributed by atoms with van der Waals surface area (Å²) in [5, 5.41) is 2.00. The molecule has 1 fully saturated rings. The van der Waals surface area contributed by atoms with Gasteiger partial charge >= 0.3 is 0 Å². The summed E-state index contributed by atoms with van der Waals surface area (Å²) in [6.45, 7) is 0.634. The number of ketones is 1. The standard InChI is InChI=1S/C14H19N3OS/c15-8-10-3-1-2-4-12(10)13(18)7-11-9-17-5-6-19-14(17)16-11/h5-6,9-10,12H,1-4,7-8,15H2. The Balaban J connectivity index is 1.71. The van der Waals surface area contributed by atoms with Gasteiger partial charge in [-0.05, 0) is 25.3 Å². The Bertz CT molecular complexity index is 546. The summed E-state index contributed by atoms with van der Waals surface area (Å²) in [6, 6.07) is 0. The highest BCUT2D eigenvalue weighted by atomic mass is 32.1. The van der Waals surface area contributed by atoms with Gasteiger partial charge in [0.15, 0.2) is 4.96 Å². The number of Topliss-reactive ketones (excluding diaryl/α,β-unsaturated/α-hetero) is 1. The normalized spacial score (nSPS) is 23.8. The van der Waals surface area contributed by atoms with Gasteiger partial charge < -0.3 is 5.73 Å². The average molecular weight is 277 g/mol. The number of carbonyl (C=O) groups is 1. The van der Waals surface area contributed by atoms with Gasteiger partial charge in [-0.3, -0.25) is 9.20 Å². The van der Waals surface area contributed by atoms with Crippen LogP contribution >= 0.6 is 11.3 Å². The van der Waals surface area contributed by atoms with Crippen molar-refractivity contribution >= 4 is 22.1 Å². The average Bonchev–Trinajstić information content (AvgIpc) is 2.99. The molecule has 0 spiro atoms. The van der Waals surface area contributed by atoms with E-state index >= 15 is 0 Å². The zero-order valence-corrected chi connectivity index (χ0v) is 11.7. The number of hydrogen-bond acceptors (Lipinski definition) is 4. The predicted molar refractivity (Wildman–Crippen MR) is 76.3 cm³/mol. The van der Waals surface area contributed by atoms with Gasteiger partial charge in [0.2, 0.25) is 0 Å². The molecule has 2 unspecified atom stereocenters. The molecule has 102 valence electrons. The number of hydrogen-bond donors (Lipinski definition) is 1. The van der Waals surface area contributed by atoms with Crippen molar-refractivity contribution in [3.8, 4) is 0 Å². The molecule has 0 aliphatic heterocycles. The molecule has 0 bridgehead atoms. The van der Waals surface area contributed by atoms with Crippen LogP contribution in [-0.4, -0.2) is 21.7 Å². The molecule has 2 aromatic rings. The van der Waals surface area contributed by atoms with Gasteiger partial charge in [0.25, 0.3) is 0 Å². The molecule has 3 rings (SSSR count). The summed E-state index contributed by atoms with van der Waals surface area (Å²) in [6.07, 6.45) is 8.87. The number of rotatable bonds is 4. The number of nitrogens with zero attached hydrogens (tertiary/aromatic N) is 2. The third-order valence-corrected chi connectivity index (χ3v) is 4.89. The second-order valence-electron chi connectivity index (χ2n) is 5.35. The first kappa shape index (κ1) is 12.8. The highest BCUT2D eigenvalue weighted by Crippen LogP contribution is 2.30. The third kappa shape index (κ3) is 2.58. The van der Waals surface area contributed by atoms with Gasteiger partial charge in [0.1, 0.15) is 5.78 Å². The fourth-order valence-electron chi connectivity index (χ4n) is 3.08. The van der Waals surface area contributed by atoms with Crippen LogP contribution in [0.25, 0.3) is 4.96 Å². The molecule has 1 aliphatic carbocycles. The summed E-state index contributed by atoms with van der Waals surface area (Å²) in [4.78, 5) is 17.9. The Labute approximate surface area is 116 Å². The number of fused-ring (bicyclic) bond motifs is 1. The Morgan fingerprint density at radius 2 is 2.32 bits per heavy atom. The summed E-state index contributed by atoms with van der Waals surface area (Å²) < 4.78 is 1.98. The van der Waals surface area contributed by atoms with E-state index in [0.717, 1.165) is 29.9 Å². The minimum atomic E-state index is 0.151. The van der Waals surface area contributed by atoms with Crippen molar-refractivity contribution in [1.29, 1.82) is 0 Å². The first-order valence-electron chi connectivity index (χ1n) is 6.92. The van der Waals surface area contributed by atoms with Gasteiger partial charge in [-0.1, -0.05) is 12.8 Å². The van der Waals surface area contributed by atoms with E-state index in [2.05, 4.69) is 4.98 Å². The molecule has 5 heteroatoms. The van der Waals surface area contributed by atoms with Crippen molar-refractivity contribution in [2.45, 2.75) is 32.1 Å². The molecular formula is C14H19N3OS. The Hall–Kier alpha value is -1.20. The molecule has 1 saturated carbocycles. The van der Waals surface area contributed by atoms with Gasteiger partial charge in [-0.25, -0.2) is 4.98 Å². The van der Waals surface area contributed by atoms with Crippen LogP contribution in [0.2, 0.25) is 0 Å². The maximum Gasteiger partial charge on any atom is 0.193 e. The zero-order chi connectivity index (χ0) is 13.2. The molecule has 2 N–H and O–H groups in total. The summed E-state index contributed by atoms with van der Waals surface area (Å²) >= 11 is 1.60. The van der Waals surface area contributed by atoms with Gasteiger partial charge in [0.05, 0.1) is 12.1 Å². The molecule has 0 amide bonds. The minimum Gasteiger partial charge on any atom is -0.330 e. The largest absolute Gasteiger partial charge is 0.330 e. The fraction of sp³-hybridized carbons (Fsp3) is 0.571. The Morgan fingerprint density at radius 1 is 1.47 bits per heavy atom. The first-order valence-corrected chi connectivity index (χ1v) is 7.79. The molecule has 0 aromatic carbocycles. The molecule has 0 saturated heterocycles. The van der Waals surface area contributed by atoms with E-state index in [1.165, 1.54) is 6.42 Å². The Morgan fingerprint density at radius 3 is 3.11 bits per heavy atom. The number of imidazole rings is 1. The fourth-order valence-corrected chi connectivity index (χ4v) is 3.80. The van der Waals surface area contributed by atoms with Crippen LogP contribution in [0.4, 0.5) is 0 Å². The maximum absolute atomic E-state index is 12.4. The summed E-state index contributed by atoms with van der Waals surface area (Å²) in [5.74, 6) is 0.851. The van der Waals surface area contributed by atoms with Crippen LogP contribution in [0.5, 0.6) is 0 Å². The SMILES string of the molecule is NCC1CCCCC1C(=O)Cc1cn2ccsc2n1. The number of aromatic nitrogens is 2.